The first-order valence-electron chi connectivity index (χ1n) is 20.0. The summed E-state index contributed by atoms with van der Waals surface area (Å²) in [5.41, 5.74) is 7.25. The fourth-order valence-electron chi connectivity index (χ4n) is 8.21. The Bertz CT molecular complexity index is 2000. The summed E-state index contributed by atoms with van der Waals surface area (Å²) in [7, 11) is 0. The van der Waals surface area contributed by atoms with E-state index in [0.29, 0.717) is 28.2 Å². The molecule has 1 saturated carbocycles. The van der Waals surface area contributed by atoms with E-state index in [-0.39, 0.29) is 11.6 Å². The summed E-state index contributed by atoms with van der Waals surface area (Å²) in [4.78, 5) is 32.0. The molecular formula is C49H52O2S2. The van der Waals surface area contributed by atoms with Gasteiger partial charge in [-0.05, 0) is 109 Å². The molecule has 0 bridgehead atoms. The Kier molecular flexibility index (Phi) is 12.7. The number of rotatable bonds is 15. The van der Waals surface area contributed by atoms with Crippen molar-refractivity contribution < 1.29 is 9.59 Å². The summed E-state index contributed by atoms with van der Waals surface area (Å²) in [6.07, 6.45) is 17.0. The monoisotopic (exact) mass is 736 g/mol. The minimum absolute atomic E-state index is 0.0773. The number of ketones is 2. The van der Waals surface area contributed by atoms with Crippen molar-refractivity contribution in [2.24, 2.45) is 5.92 Å². The van der Waals surface area contributed by atoms with Crippen LogP contribution in [0.2, 0.25) is 0 Å². The standard InChI is InChI=1S/C49H52O2S2/c1-3-5-7-9-13-35-20-30-40(31-21-35)52-44-16-10-14-42-46(44)48(50)43-15-11-17-45(47(43)49(42)51)53-41-32-28-39(29-33-41)38-26-24-37(25-27-38)36-22-18-34(19-23-36)12-8-6-4-2/h10-11,14-17,20-21,24-34,36H,3-9,12-13,18-19,22-23H2,1-2H3. The van der Waals surface area contributed by atoms with Crippen molar-refractivity contribution in [2.75, 3.05) is 0 Å². The highest BCUT2D eigenvalue weighted by atomic mass is 32.2. The highest BCUT2D eigenvalue weighted by Crippen LogP contribution is 2.42. The van der Waals surface area contributed by atoms with Gasteiger partial charge in [0.15, 0.2) is 11.6 Å². The van der Waals surface area contributed by atoms with Crippen LogP contribution in [0.1, 0.15) is 140 Å². The predicted octanol–water partition coefficient (Wildman–Crippen LogP) is 14.4. The number of aryl methyl sites for hydroxylation is 1. The van der Waals surface area contributed by atoms with Crippen molar-refractivity contribution in [3.63, 3.8) is 0 Å². The van der Waals surface area contributed by atoms with Gasteiger partial charge in [-0.25, -0.2) is 0 Å². The van der Waals surface area contributed by atoms with E-state index < -0.39 is 0 Å². The van der Waals surface area contributed by atoms with E-state index in [0.717, 1.165) is 31.9 Å². The molecule has 0 aromatic heterocycles. The number of benzene rings is 5. The molecule has 272 valence electrons. The molecular weight excluding hydrogens is 685 g/mol. The predicted molar refractivity (Wildman–Crippen MR) is 223 cm³/mol. The lowest BCUT2D eigenvalue weighted by Crippen LogP contribution is -2.22. The molecule has 2 aliphatic rings. The van der Waals surface area contributed by atoms with Crippen molar-refractivity contribution in [2.45, 2.75) is 123 Å². The van der Waals surface area contributed by atoms with Crippen LogP contribution >= 0.6 is 23.5 Å². The molecule has 2 nitrogen and oxygen atoms in total. The Hall–Kier alpha value is -3.86. The van der Waals surface area contributed by atoms with Crippen LogP contribution in [0.15, 0.2) is 129 Å². The van der Waals surface area contributed by atoms with Gasteiger partial charge in [0.2, 0.25) is 0 Å². The molecule has 1 fully saturated rings. The first-order valence-corrected chi connectivity index (χ1v) is 21.7. The van der Waals surface area contributed by atoms with Crippen molar-refractivity contribution in [3.8, 4) is 11.1 Å². The van der Waals surface area contributed by atoms with E-state index in [4.69, 9.17) is 0 Å². The van der Waals surface area contributed by atoms with Gasteiger partial charge >= 0.3 is 0 Å². The number of hydrogen-bond donors (Lipinski definition) is 0. The molecule has 7 rings (SSSR count). The lowest BCUT2D eigenvalue weighted by molar-refractivity contribution is 0.0974. The summed E-state index contributed by atoms with van der Waals surface area (Å²) in [5, 5.41) is 0. The van der Waals surface area contributed by atoms with E-state index in [1.54, 1.807) is 23.5 Å². The SMILES string of the molecule is CCCCCCc1ccc(Sc2cccc3c2C(=O)c2cccc(Sc4ccc(-c5ccc(C6CCC(CCCCC)CC6)cc5)cc4)c2C3=O)cc1. The smallest absolute Gasteiger partial charge is 0.195 e. The average Bonchev–Trinajstić information content (AvgIpc) is 3.20. The van der Waals surface area contributed by atoms with Crippen molar-refractivity contribution >= 4 is 35.1 Å². The van der Waals surface area contributed by atoms with Gasteiger partial charge in [-0.2, -0.15) is 0 Å². The number of fused-ring (bicyclic) bond motifs is 2. The third kappa shape index (κ3) is 8.93. The average molecular weight is 737 g/mol. The molecule has 4 heteroatoms. The zero-order valence-electron chi connectivity index (χ0n) is 31.4. The van der Waals surface area contributed by atoms with Gasteiger partial charge < -0.3 is 0 Å². The summed E-state index contributed by atoms with van der Waals surface area (Å²) >= 11 is 3.11. The quantitative estimate of drug-likeness (QED) is 0.0983. The van der Waals surface area contributed by atoms with E-state index in [1.165, 1.54) is 99.3 Å². The van der Waals surface area contributed by atoms with Crippen LogP contribution in [0.3, 0.4) is 0 Å². The molecule has 5 aromatic carbocycles. The van der Waals surface area contributed by atoms with Crippen LogP contribution in [-0.4, -0.2) is 11.6 Å². The molecule has 53 heavy (non-hydrogen) atoms. The molecule has 0 saturated heterocycles. The zero-order valence-corrected chi connectivity index (χ0v) is 33.0. The van der Waals surface area contributed by atoms with Crippen LogP contribution in [0.25, 0.3) is 11.1 Å². The summed E-state index contributed by atoms with van der Waals surface area (Å²) in [6, 6.07) is 37.8. The number of hydrogen-bond acceptors (Lipinski definition) is 4. The first kappa shape index (κ1) is 37.5. The number of carbonyl (C=O) groups is 2. The van der Waals surface area contributed by atoms with Crippen LogP contribution < -0.4 is 0 Å². The van der Waals surface area contributed by atoms with Crippen LogP contribution in [0.5, 0.6) is 0 Å². The fourth-order valence-corrected chi connectivity index (χ4v) is 10.2. The number of carbonyl (C=O) groups excluding carboxylic acids is 2. The van der Waals surface area contributed by atoms with Crippen molar-refractivity contribution in [1.29, 1.82) is 0 Å². The van der Waals surface area contributed by atoms with Gasteiger partial charge in [-0.3, -0.25) is 9.59 Å². The molecule has 0 heterocycles. The van der Waals surface area contributed by atoms with E-state index in [2.05, 4.69) is 86.6 Å². The molecule has 2 aliphatic carbocycles. The third-order valence-electron chi connectivity index (χ3n) is 11.3. The Morgan fingerprint density at radius 3 is 1.58 bits per heavy atom. The summed E-state index contributed by atoms with van der Waals surface area (Å²) in [5.74, 6) is 1.46. The Balaban J connectivity index is 1.01. The third-order valence-corrected chi connectivity index (χ3v) is 13.5. The normalized spacial score (nSPS) is 16.7. The zero-order chi connectivity index (χ0) is 36.6. The van der Waals surface area contributed by atoms with Gasteiger partial charge in [0, 0.05) is 41.8 Å². The maximum absolute atomic E-state index is 14.1. The van der Waals surface area contributed by atoms with Crippen molar-refractivity contribution in [3.05, 3.63) is 143 Å². The second-order valence-electron chi connectivity index (χ2n) is 15.0. The first-order chi connectivity index (χ1) is 26.0. The van der Waals surface area contributed by atoms with Gasteiger partial charge in [-0.15, -0.1) is 0 Å². The van der Waals surface area contributed by atoms with E-state index in [1.807, 2.05) is 36.4 Å². The summed E-state index contributed by atoms with van der Waals surface area (Å²) < 4.78 is 0. The Labute approximate surface area is 325 Å². The van der Waals surface area contributed by atoms with Gasteiger partial charge in [0.1, 0.15) is 0 Å². The number of unbranched alkanes of at least 4 members (excludes halogenated alkanes) is 5. The second kappa shape index (κ2) is 18.0. The largest absolute Gasteiger partial charge is 0.289 e. The Morgan fingerprint density at radius 1 is 0.528 bits per heavy atom. The molecule has 0 radical (unpaired) electrons. The topological polar surface area (TPSA) is 34.1 Å². The highest BCUT2D eigenvalue weighted by Gasteiger charge is 2.34. The van der Waals surface area contributed by atoms with Gasteiger partial charge in [0.25, 0.3) is 0 Å². The maximum Gasteiger partial charge on any atom is 0.195 e. The molecule has 0 atom stereocenters. The van der Waals surface area contributed by atoms with Crippen LogP contribution in [-0.2, 0) is 6.42 Å². The molecule has 0 unspecified atom stereocenters. The fraction of sp³-hybridized carbons (Fsp3) is 0.347. The summed E-state index contributed by atoms with van der Waals surface area (Å²) in [6.45, 7) is 4.53. The van der Waals surface area contributed by atoms with Crippen molar-refractivity contribution in [1.82, 2.24) is 0 Å². The second-order valence-corrected chi connectivity index (χ2v) is 17.3. The molecule has 0 aliphatic heterocycles. The molecule has 0 N–H and O–H groups in total. The van der Waals surface area contributed by atoms with Crippen LogP contribution in [0.4, 0.5) is 0 Å². The Morgan fingerprint density at radius 2 is 1.04 bits per heavy atom. The van der Waals surface area contributed by atoms with Gasteiger partial charge in [0.05, 0.1) is 0 Å². The minimum Gasteiger partial charge on any atom is -0.289 e. The highest BCUT2D eigenvalue weighted by molar-refractivity contribution is 7.99. The maximum atomic E-state index is 14.1. The molecule has 0 spiro atoms. The molecule has 0 amide bonds. The van der Waals surface area contributed by atoms with Crippen LogP contribution in [0, 0.1) is 5.92 Å². The lowest BCUT2D eigenvalue weighted by atomic mass is 9.77. The lowest BCUT2D eigenvalue weighted by Gasteiger charge is -2.29. The minimum atomic E-state index is -0.0794. The van der Waals surface area contributed by atoms with E-state index in [9.17, 15) is 9.59 Å². The van der Waals surface area contributed by atoms with E-state index >= 15 is 0 Å². The molecule has 5 aromatic rings. The van der Waals surface area contributed by atoms with Gasteiger partial charge in [-0.1, -0.05) is 155 Å².